The first-order valence-electron chi connectivity index (χ1n) is 11.0. The van der Waals surface area contributed by atoms with Crippen LogP contribution in [0.15, 0.2) is 71.2 Å². The number of aromatic nitrogens is 3. The van der Waals surface area contributed by atoms with Crippen molar-refractivity contribution in [3.05, 3.63) is 87.4 Å². The first-order valence-corrected chi connectivity index (χ1v) is 14.2. The lowest BCUT2D eigenvalue weighted by molar-refractivity contribution is 0.578. The Morgan fingerprint density at radius 2 is 1.86 bits per heavy atom. The summed E-state index contributed by atoms with van der Waals surface area (Å²) in [5.41, 5.74) is 4.26. The second-order valence-corrected chi connectivity index (χ2v) is 12.7. The van der Waals surface area contributed by atoms with Gasteiger partial charge in [0.25, 0.3) is 0 Å². The molecule has 0 amide bonds. The largest absolute Gasteiger partial charge is 0.366 e. The van der Waals surface area contributed by atoms with Gasteiger partial charge < -0.3 is 5.32 Å². The van der Waals surface area contributed by atoms with Gasteiger partial charge in [0.15, 0.2) is 5.65 Å². The van der Waals surface area contributed by atoms with E-state index >= 15 is 0 Å². The third kappa shape index (κ3) is 5.43. The van der Waals surface area contributed by atoms with Gasteiger partial charge in [-0.15, -0.1) is 0 Å². The molecule has 1 aliphatic rings. The Balaban J connectivity index is 1.33. The fourth-order valence-corrected chi connectivity index (χ4v) is 7.20. The molecule has 1 atom stereocenters. The molecule has 7 nitrogen and oxygen atoms in total. The van der Waals surface area contributed by atoms with Gasteiger partial charge in [-0.3, -0.25) is 0 Å². The first kappa shape index (κ1) is 25.2. The van der Waals surface area contributed by atoms with Crippen molar-refractivity contribution >= 4 is 69.8 Å². The highest BCUT2D eigenvalue weighted by molar-refractivity contribution is 8.16. The van der Waals surface area contributed by atoms with Gasteiger partial charge >= 0.3 is 0 Å². The van der Waals surface area contributed by atoms with Crippen LogP contribution in [0.25, 0.3) is 16.9 Å². The predicted molar refractivity (Wildman–Crippen MR) is 148 cm³/mol. The maximum absolute atomic E-state index is 12.6. The van der Waals surface area contributed by atoms with Crippen molar-refractivity contribution in [3.8, 4) is 11.3 Å². The van der Waals surface area contributed by atoms with Gasteiger partial charge in [-0.1, -0.05) is 83.5 Å². The molecule has 2 radical (unpaired) electrons. The van der Waals surface area contributed by atoms with Gasteiger partial charge in [-0.25, -0.2) is 18.1 Å². The number of rotatable bonds is 8. The maximum Gasteiger partial charge on any atom is 0.224 e. The quantitative estimate of drug-likeness (QED) is 0.313. The molecular weight excluding hydrogens is 536 g/mol. The van der Waals surface area contributed by atoms with E-state index in [1.165, 1.54) is 0 Å². The normalized spacial score (nSPS) is 15.8. The number of nitrogens with one attached hydrogen (secondary N) is 2. The minimum absolute atomic E-state index is 0.191. The van der Waals surface area contributed by atoms with Crippen LogP contribution in [-0.2, 0) is 23.1 Å². The summed E-state index contributed by atoms with van der Waals surface area (Å²) in [7, 11) is 2.61. The zero-order valence-corrected chi connectivity index (χ0v) is 22.0. The summed E-state index contributed by atoms with van der Waals surface area (Å²) in [5, 5.41) is 8.33. The van der Waals surface area contributed by atoms with E-state index in [9.17, 15) is 8.42 Å². The van der Waals surface area contributed by atoms with E-state index in [0.29, 0.717) is 45.0 Å². The molecule has 2 aromatic heterocycles. The van der Waals surface area contributed by atoms with Crippen molar-refractivity contribution in [2.45, 2.75) is 24.1 Å². The van der Waals surface area contributed by atoms with E-state index in [-0.39, 0.29) is 6.54 Å². The molecule has 1 aliphatic heterocycles. The molecule has 0 spiro atoms. The van der Waals surface area contributed by atoms with Crippen molar-refractivity contribution in [1.29, 1.82) is 0 Å². The minimum atomic E-state index is -3.50. The highest BCUT2D eigenvalue weighted by Gasteiger charge is 2.29. The van der Waals surface area contributed by atoms with Crippen LogP contribution in [0, 0.1) is 0 Å². The average molecular weight is 556 g/mol. The van der Waals surface area contributed by atoms with Crippen LogP contribution in [0.5, 0.6) is 0 Å². The van der Waals surface area contributed by atoms with Gasteiger partial charge in [0, 0.05) is 35.9 Å². The van der Waals surface area contributed by atoms with E-state index in [4.69, 9.17) is 31.0 Å². The standard InChI is InChI=1S/C24H20BCl2N5O2S2/c25-18-14-29-32-22(11-20(31-24(18)32)17-6-1-2-7-19(17)26)28-12-15-4-3-5-16(10-15)13-30-36(33,34)23-9-8-21(27)35-23/h1-8,10-11,14,23,28,30H,9,12-13H2. The van der Waals surface area contributed by atoms with Crippen LogP contribution in [0.1, 0.15) is 17.5 Å². The number of hydrogen-bond donors (Lipinski definition) is 2. The summed E-state index contributed by atoms with van der Waals surface area (Å²) >= 11 is 13.5. The van der Waals surface area contributed by atoms with Crippen molar-refractivity contribution in [2.24, 2.45) is 0 Å². The molecule has 5 rings (SSSR count). The van der Waals surface area contributed by atoms with Crippen LogP contribution < -0.4 is 15.5 Å². The molecular formula is C24H20BCl2N5O2S2. The topological polar surface area (TPSA) is 88.4 Å². The lowest BCUT2D eigenvalue weighted by Crippen LogP contribution is -2.30. The van der Waals surface area contributed by atoms with Gasteiger partial charge in [0.1, 0.15) is 18.2 Å². The Morgan fingerprint density at radius 1 is 1.08 bits per heavy atom. The van der Waals surface area contributed by atoms with E-state index in [2.05, 4.69) is 20.1 Å². The van der Waals surface area contributed by atoms with Crippen LogP contribution >= 0.6 is 35.0 Å². The van der Waals surface area contributed by atoms with Gasteiger partial charge in [-0.05, 0) is 29.1 Å². The molecule has 3 heterocycles. The maximum atomic E-state index is 12.6. The third-order valence-corrected chi connectivity index (χ3v) is 9.73. The number of allylic oxidation sites excluding steroid dienone is 1. The Hall–Kier alpha value is -2.50. The molecule has 0 fully saturated rings. The monoisotopic (exact) mass is 555 g/mol. The Labute approximate surface area is 224 Å². The number of hydrogen-bond acceptors (Lipinski definition) is 6. The van der Waals surface area contributed by atoms with E-state index in [1.807, 2.05) is 54.6 Å². The number of benzene rings is 2. The van der Waals surface area contributed by atoms with Crippen molar-refractivity contribution in [2.75, 3.05) is 5.32 Å². The van der Waals surface area contributed by atoms with Crippen molar-refractivity contribution in [1.82, 2.24) is 19.3 Å². The number of nitrogens with zero attached hydrogens (tertiary/aromatic N) is 3. The third-order valence-electron chi connectivity index (χ3n) is 5.65. The number of halogens is 2. The summed E-state index contributed by atoms with van der Waals surface area (Å²) in [5.74, 6) is 0.695. The summed E-state index contributed by atoms with van der Waals surface area (Å²) in [4.78, 5) is 4.65. The second kappa shape index (κ2) is 10.5. The van der Waals surface area contributed by atoms with E-state index in [0.717, 1.165) is 28.5 Å². The lowest BCUT2D eigenvalue weighted by Gasteiger charge is -2.14. The second-order valence-electron chi connectivity index (χ2n) is 8.17. The average Bonchev–Trinajstić information content (AvgIpc) is 3.48. The molecule has 0 aliphatic carbocycles. The van der Waals surface area contributed by atoms with Gasteiger partial charge in [0.2, 0.25) is 10.0 Å². The number of anilines is 1. The molecule has 36 heavy (non-hydrogen) atoms. The Bertz CT molecular complexity index is 1580. The number of fused-ring (bicyclic) bond motifs is 1. The molecule has 2 aromatic carbocycles. The fourth-order valence-electron chi connectivity index (χ4n) is 3.83. The van der Waals surface area contributed by atoms with Crippen molar-refractivity contribution in [3.63, 3.8) is 0 Å². The summed E-state index contributed by atoms with van der Waals surface area (Å²) in [6.45, 7) is 0.663. The highest BCUT2D eigenvalue weighted by Crippen LogP contribution is 2.37. The molecule has 4 aromatic rings. The van der Waals surface area contributed by atoms with Crippen LogP contribution in [0.2, 0.25) is 5.02 Å². The number of sulfonamides is 1. The Morgan fingerprint density at radius 3 is 2.61 bits per heavy atom. The number of thioether (sulfide) groups is 1. The molecule has 12 heteroatoms. The van der Waals surface area contributed by atoms with Crippen LogP contribution in [0.3, 0.4) is 0 Å². The van der Waals surface area contributed by atoms with Gasteiger partial charge in [-0.2, -0.15) is 9.61 Å². The fraction of sp³-hybridized carbons (Fsp3) is 0.167. The highest BCUT2D eigenvalue weighted by atomic mass is 35.5. The minimum Gasteiger partial charge on any atom is -0.366 e. The molecule has 0 saturated heterocycles. The summed E-state index contributed by atoms with van der Waals surface area (Å²) in [6.07, 6.45) is 3.68. The van der Waals surface area contributed by atoms with Gasteiger partial charge in [0.05, 0.1) is 10.1 Å². The molecule has 182 valence electrons. The first-order chi connectivity index (χ1) is 17.3. The predicted octanol–water partition coefficient (Wildman–Crippen LogP) is 4.42. The molecule has 0 saturated carbocycles. The molecule has 1 unspecified atom stereocenters. The SMILES string of the molecule is [B]c1cnn2c(NCc3cccc(CNS(=O)(=O)C4CC=C(Cl)S4)c3)cc(-c3ccccc3Cl)nc12. The Kier molecular flexibility index (Phi) is 7.32. The van der Waals surface area contributed by atoms with E-state index < -0.39 is 14.6 Å². The molecule has 2 N–H and O–H groups in total. The molecule has 0 bridgehead atoms. The zero-order valence-electron chi connectivity index (χ0n) is 18.9. The summed E-state index contributed by atoms with van der Waals surface area (Å²) in [6, 6.07) is 17.0. The van der Waals surface area contributed by atoms with Crippen molar-refractivity contribution < 1.29 is 8.42 Å². The zero-order chi connectivity index (χ0) is 25.3. The van der Waals surface area contributed by atoms with Crippen LogP contribution in [-0.4, -0.2) is 35.4 Å². The lowest BCUT2D eigenvalue weighted by atomic mass is 10.0. The summed E-state index contributed by atoms with van der Waals surface area (Å²) < 4.78 is 29.4. The van der Waals surface area contributed by atoms with Crippen LogP contribution in [0.4, 0.5) is 5.82 Å². The van der Waals surface area contributed by atoms with E-state index in [1.54, 1.807) is 16.8 Å². The smallest absolute Gasteiger partial charge is 0.224 e.